The van der Waals surface area contributed by atoms with Crippen LogP contribution in [0.2, 0.25) is 0 Å². The fourth-order valence-corrected chi connectivity index (χ4v) is 1.77. The lowest BCUT2D eigenvalue weighted by Gasteiger charge is -2.32. The summed E-state index contributed by atoms with van der Waals surface area (Å²) in [5.74, 6) is -0.628. The van der Waals surface area contributed by atoms with E-state index in [0.29, 0.717) is 12.0 Å². The van der Waals surface area contributed by atoms with Crippen molar-refractivity contribution in [3.63, 3.8) is 0 Å². The van der Waals surface area contributed by atoms with Crippen LogP contribution >= 0.6 is 0 Å². The number of carbonyl (C=O) groups excluding carboxylic acids is 1. The highest BCUT2D eigenvalue weighted by Gasteiger charge is 2.32. The Hall–Kier alpha value is -1.13. The number of carbonyl (C=O) groups is 1. The maximum absolute atomic E-state index is 10.6. The fraction of sp³-hybridized carbons (Fsp3) is 0.583. The van der Waals surface area contributed by atoms with Crippen molar-refractivity contribution in [3.05, 3.63) is 23.8 Å². The van der Waals surface area contributed by atoms with Crippen molar-refractivity contribution in [2.45, 2.75) is 32.5 Å². The summed E-state index contributed by atoms with van der Waals surface area (Å²) in [6, 6.07) is 0. The van der Waals surface area contributed by atoms with Crippen molar-refractivity contribution < 1.29 is 19.7 Å². The summed E-state index contributed by atoms with van der Waals surface area (Å²) < 4.78 is 4.82. The highest BCUT2D eigenvalue weighted by atomic mass is 16.5. The Morgan fingerprint density at radius 3 is 2.81 bits per heavy atom. The maximum Gasteiger partial charge on any atom is 0.302 e. The van der Waals surface area contributed by atoms with E-state index in [9.17, 15) is 15.0 Å². The summed E-state index contributed by atoms with van der Waals surface area (Å²) in [4.78, 5) is 10.6. The van der Waals surface area contributed by atoms with Crippen LogP contribution in [0.25, 0.3) is 0 Å². The van der Waals surface area contributed by atoms with Gasteiger partial charge in [0.2, 0.25) is 0 Å². The zero-order valence-corrected chi connectivity index (χ0v) is 9.64. The van der Waals surface area contributed by atoms with Gasteiger partial charge in [0.05, 0.1) is 6.10 Å². The van der Waals surface area contributed by atoms with Crippen LogP contribution < -0.4 is 0 Å². The molecule has 1 aliphatic carbocycles. The smallest absolute Gasteiger partial charge is 0.302 e. The van der Waals surface area contributed by atoms with Gasteiger partial charge in [0.15, 0.2) is 0 Å². The number of allylic oxidation sites excluding steroid dienone is 1. The molecule has 90 valence electrons. The zero-order chi connectivity index (χ0) is 12.3. The molecule has 16 heavy (non-hydrogen) atoms. The SMILES string of the molecule is C=C(COC(C)=O)[C@@H]1CC=C(C)[C@@H](O)[C@@H]1O. The zero-order valence-electron chi connectivity index (χ0n) is 9.64. The molecule has 4 nitrogen and oxygen atoms in total. The predicted octanol–water partition coefficient (Wildman–Crippen LogP) is 0.794. The van der Waals surface area contributed by atoms with Crippen molar-refractivity contribution in [1.29, 1.82) is 0 Å². The van der Waals surface area contributed by atoms with Crippen LogP contribution in [0.4, 0.5) is 0 Å². The van der Waals surface area contributed by atoms with Crippen LogP contribution in [0.15, 0.2) is 23.8 Å². The Kier molecular flexibility index (Phi) is 4.26. The molecule has 2 N–H and O–H groups in total. The molecule has 0 aromatic heterocycles. The first-order chi connectivity index (χ1) is 7.43. The van der Waals surface area contributed by atoms with Crippen LogP contribution in [-0.4, -0.2) is 35.0 Å². The Morgan fingerprint density at radius 1 is 1.62 bits per heavy atom. The van der Waals surface area contributed by atoms with Gasteiger partial charge in [-0.25, -0.2) is 0 Å². The highest BCUT2D eigenvalue weighted by Crippen LogP contribution is 2.29. The molecule has 1 aliphatic rings. The number of aliphatic hydroxyl groups is 2. The quantitative estimate of drug-likeness (QED) is 0.551. The number of hydrogen-bond donors (Lipinski definition) is 2. The lowest BCUT2D eigenvalue weighted by Crippen LogP contribution is -2.38. The van der Waals surface area contributed by atoms with Gasteiger partial charge in [-0.15, -0.1) is 0 Å². The van der Waals surface area contributed by atoms with Gasteiger partial charge in [-0.2, -0.15) is 0 Å². The topological polar surface area (TPSA) is 66.8 Å². The van der Waals surface area contributed by atoms with E-state index >= 15 is 0 Å². The average Bonchev–Trinajstić information content (AvgIpc) is 2.23. The van der Waals surface area contributed by atoms with Crippen LogP contribution in [0.5, 0.6) is 0 Å². The first-order valence-electron chi connectivity index (χ1n) is 5.27. The molecule has 0 spiro atoms. The van der Waals surface area contributed by atoms with Gasteiger partial charge in [-0.3, -0.25) is 4.79 Å². The molecule has 0 amide bonds. The van der Waals surface area contributed by atoms with E-state index in [1.54, 1.807) is 6.92 Å². The van der Waals surface area contributed by atoms with Gasteiger partial charge in [0.1, 0.15) is 12.7 Å². The molecule has 0 heterocycles. The highest BCUT2D eigenvalue weighted by molar-refractivity contribution is 5.66. The minimum atomic E-state index is -0.868. The minimum Gasteiger partial charge on any atom is -0.461 e. The van der Waals surface area contributed by atoms with E-state index < -0.39 is 12.2 Å². The Balaban J connectivity index is 2.61. The number of ether oxygens (including phenoxy) is 1. The molecule has 4 heteroatoms. The third kappa shape index (κ3) is 2.93. The Bertz CT molecular complexity index is 319. The minimum absolute atomic E-state index is 0.0939. The molecule has 0 saturated heterocycles. The molecule has 3 atom stereocenters. The molecular weight excluding hydrogens is 208 g/mol. The second-order valence-electron chi connectivity index (χ2n) is 4.16. The maximum atomic E-state index is 10.6. The summed E-state index contributed by atoms with van der Waals surface area (Å²) in [5, 5.41) is 19.5. The van der Waals surface area contributed by atoms with E-state index in [0.717, 1.165) is 5.57 Å². The van der Waals surface area contributed by atoms with E-state index in [2.05, 4.69) is 6.58 Å². The number of hydrogen-bond acceptors (Lipinski definition) is 4. The first kappa shape index (κ1) is 12.9. The van der Waals surface area contributed by atoms with E-state index in [1.165, 1.54) is 6.92 Å². The van der Waals surface area contributed by atoms with Crippen LogP contribution in [0.1, 0.15) is 20.3 Å². The van der Waals surface area contributed by atoms with Gasteiger partial charge >= 0.3 is 5.97 Å². The van der Waals surface area contributed by atoms with Crippen molar-refractivity contribution in [2.24, 2.45) is 5.92 Å². The standard InChI is InChI=1S/C12H18O4/c1-7-4-5-10(12(15)11(7)14)8(2)6-16-9(3)13/h4,10-12,14-15H,2,5-6H2,1,3H3/t10-,11+,12+/m0/s1. The van der Waals surface area contributed by atoms with Crippen molar-refractivity contribution in [1.82, 2.24) is 0 Å². The van der Waals surface area contributed by atoms with Gasteiger partial charge < -0.3 is 14.9 Å². The molecule has 0 aliphatic heterocycles. The van der Waals surface area contributed by atoms with Gasteiger partial charge in [0.25, 0.3) is 0 Å². The van der Waals surface area contributed by atoms with Crippen LogP contribution in [0, 0.1) is 5.92 Å². The molecular formula is C12H18O4. The van der Waals surface area contributed by atoms with Gasteiger partial charge in [-0.1, -0.05) is 12.7 Å². The number of aliphatic hydroxyl groups excluding tert-OH is 2. The van der Waals surface area contributed by atoms with Crippen molar-refractivity contribution in [3.8, 4) is 0 Å². The molecule has 0 fully saturated rings. The van der Waals surface area contributed by atoms with Crippen molar-refractivity contribution in [2.75, 3.05) is 6.61 Å². The van der Waals surface area contributed by atoms with E-state index in [1.807, 2.05) is 6.08 Å². The first-order valence-corrected chi connectivity index (χ1v) is 5.27. The van der Waals surface area contributed by atoms with Crippen molar-refractivity contribution >= 4 is 5.97 Å². The van der Waals surface area contributed by atoms with E-state index in [4.69, 9.17) is 4.74 Å². The third-order valence-corrected chi connectivity index (χ3v) is 2.88. The lowest BCUT2D eigenvalue weighted by atomic mass is 9.81. The summed E-state index contributed by atoms with van der Waals surface area (Å²) in [5.41, 5.74) is 1.40. The van der Waals surface area contributed by atoms with Crippen LogP contribution in [0.3, 0.4) is 0 Å². The number of rotatable bonds is 3. The second kappa shape index (κ2) is 5.27. The third-order valence-electron chi connectivity index (χ3n) is 2.88. The Labute approximate surface area is 95.2 Å². The molecule has 0 saturated carbocycles. The largest absolute Gasteiger partial charge is 0.461 e. The normalized spacial score (nSPS) is 29.5. The molecule has 0 bridgehead atoms. The molecule has 0 aromatic carbocycles. The predicted molar refractivity (Wildman–Crippen MR) is 59.7 cm³/mol. The molecule has 1 rings (SSSR count). The van der Waals surface area contributed by atoms with Gasteiger partial charge in [0, 0.05) is 12.8 Å². The Morgan fingerprint density at radius 2 is 2.25 bits per heavy atom. The summed E-state index contributed by atoms with van der Waals surface area (Å²) in [6.45, 7) is 6.98. The summed E-state index contributed by atoms with van der Waals surface area (Å²) in [6.07, 6.45) is 0.770. The van der Waals surface area contributed by atoms with Gasteiger partial charge in [-0.05, 0) is 24.5 Å². The van der Waals surface area contributed by atoms with Crippen LogP contribution in [-0.2, 0) is 9.53 Å². The molecule has 0 aromatic rings. The monoisotopic (exact) mass is 226 g/mol. The van der Waals surface area contributed by atoms with E-state index in [-0.39, 0.29) is 18.5 Å². The number of esters is 1. The summed E-state index contributed by atoms with van der Waals surface area (Å²) >= 11 is 0. The molecule has 0 radical (unpaired) electrons. The fourth-order valence-electron chi connectivity index (χ4n) is 1.77. The second-order valence-corrected chi connectivity index (χ2v) is 4.16. The average molecular weight is 226 g/mol. The lowest BCUT2D eigenvalue weighted by molar-refractivity contribution is -0.140. The summed E-state index contributed by atoms with van der Waals surface area (Å²) in [7, 11) is 0. The molecule has 0 unspecified atom stereocenters.